The maximum atomic E-state index is 5.55. The predicted molar refractivity (Wildman–Crippen MR) is 54.3 cm³/mol. The fraction of sp³-hybridized carbons (Fsp3) is 0.444. The lowest BCUT2D eigenvalue weighted by Crippen LogP contribution is -1.95. The zero-order valence-electron chi connectivity index (χ0n) is 8.04. The normalized spacial score (nSPS) is 11.1. The maximum Gasteiger partial charge on any atom is 0.218 e. The molecule has 0 spiro atoms. The smallest absolute Gasteiger partial charge is 0.218 e. The Labute approximate surface area is 83.0 Å². The van der Waals surface area contributed by atoms with E-state index in [2.05, 4.69) is 5.10 Å². The summed E-state index contributed by atoms with van der Waals surface area (Å²) in [5, 5.41) is 4.23. The highest BCUT2D eigenvalue weighted by Gasteiger charge is 2.09. The molecule has 0 bridgehead atoms. The molecule has 0 aliphatic heterocycles. The Morgan fingerprint density at radius 3 is 2.85 bits per heavy atom. The second kappa shape index (κ2) is 4.33. The zero-order chi connectivity index (χ0) is 9.84. The van der Waals surface area contributed by atoms with Crippen LogP contribution in [0.2, 0.25) is 0 Å². The van der Waals surface area contributed by atoms with E-state index in [4.69, 9.17) is 16.3 Å². The summed E-state index contributed by atoms with van der Waals surface area (Å²) in [5.41, 5.74) is 1.94. The molecule has 72 valence electrons. The number of hydrogen-bond donors (Lipinski definition) is 0. The van der Waals surface area contributed by atoms with Gasteiger partial charge in [-0.05, 0) is 6.92 Å². The number of allylic oxidation sites excluding steroid dienone is 1. The molecule has 13 heavy (non-hydrogen) atoms. The molecule has 0 aromatic carbocycles. The SMILES string of the molecule is COc1c(/C=C/CCl)c(C)nn1C. The van der Waals surface area contributed by atoms with Crippen molar-refractivity contribution in [1.29, 1.82) is 0 Å². The summed E-state index contributed by atoms with van der Waals surface area (Å²) in [6, 6.07) is 0. The molecule has 0 atom stereocenters. The van der Waals surface area contributed by atoms with Crippen LogP contribution in [0.3, 0.4) is 0 Å². The molecule has 0 saturated heterocycles. The van der Waals surface area contributed by atoms with Crippen LogP contribution in [0.5, 0.6) is 5.88 Å². The molecule has 0 fully saturated rings. The Hall–Kier alpha value is -0.960. The molecule has 1 rings (SSSR count). The molecule has 3 nitrogen and oxygen atoms in total. The fourth-order valence-corrected chi connectivity index (χ4v) is 1.34. The van der Waals surface area contributed by atoms with E-state index in [-0.39, 0.29) is 0 Å². The second-order valence-electron chi connectivity index (χ2n) is 2.69. The highest BCUT2D eigenvalue weighted by molar-refractivity contribution is 6.19. The summed E-state index contributed by atoms with van der Waals surface area (Å²) in [5.74, 6) is 1.26. The van der Waals surface area contributed by atoms with Gasteiger partial charge in [0.25, 0.3) is 0 Å². The summed E-state index contributed by atoms with van der Waals surface area (Å²) in [4.78, 5) is 0. The van der Waals surface area contributed by atoms with E-state index in [9.17, 15) is 0 Å². The minimum absolute atomic E-state index is 0.498. The molecule has 0 unspecified atom stereocenters. The molecule has 0 radical (unpaired) electrons. The third-order valence-corrected chi connectivity index (χ3v) is 1.96. The van der Waals surface area contributed by atoms with E-state index in [1.54, 1.807) is 11.8 Å². The lowest BCUT2D eigenvalue weighted by molar-refractivity contribution is 0.372. The summed E-state index contributed by atoms with van der Waals surface area (Å²) in [6.45, 7) is 1.94. The van der Waals surface area contributed by atoms with E-state index in [0.29, 0.717) is 5.88 Å². The molecule has 1 aromatic heterocycles. The van der Waals surface area contributed by atoms with Gasteiger partial charge in [-0.2, -0.15) is 5.10 Å². The molecule has 0 saturated carbocycles. The summed E-state index contributed by atoms with van der Waals surface area (Å²) >= 11 is 5.55. The lowest BCUT2D eigenvalue weighted by atomic mass is 10.2. The van der Waals surface area contributed by atoms with Crippen LogP contribution >= 0.6 is 11.6 Å². The van der Waals surface area contributed by atoms with E-state index in [1.165, 1.54) is 0 Å². The van der Waals surface area contributed by atoms with Crippen molar-refractivity contribution in [1.82, 2.24) is 9.78 Å². The second-order valence-corrected chi connectivity index (χ2v) is 3.00. The largest absolute Gasteiger partial charge is 0.481 e. The van der Waals surface area contributed by atoms with Gasteiger partial charge in [0.15, 0.2) is 0 Å². The van der Waals surface area contributed by atoms with Crippen LogP contribution in [0, 0.1) is 6.92 Å². The number of methoxy groups -OCH3 is 1. The number of nitrogens with zero attached hydrogens (tertiary/aromatic N) is 2. The van der Waals surface area contributed by atoms with Crippen molar-refractivity contribution >= 4 is 17.7 Å². The van der Waals surface area contributed by atoms with Crippen molar-refractivity contribution in [2.45, 2.75) is 6.92 Å². The zero-order valence-corrected chi connectivity index (χ0v) is 8.80. The van der Waals surface area contributed by atoms with Gasteiger partial charge in [-0.15, -0.1) is 11.6 Å². The molecule has 0 aliphatic carbocycles. The number of alkyl halides is 1. The number of hydrogen-bond acceptors (Lipinski definition) is 2. The van der Waals surface area contributed by atoms with Crippen LogP contribution < -0.4 is 4.74 Å². The van der Waals surface area contributed by atoms with Crippen molar-refractivity contribution in [3.05, 3.63) is 17.3 Å². The molecule has 0 amide bonds. The summed E-state index contributed by atoms with van der Waals surface area (Å²) in [6.07, 6.45) is 3.79. The number of ether oxygens (including phenoxy) is 1. The minimum atomic E-state index is 0.498. The van der Waals surface area contributed by atoms with Crippen molar-refractivity contribution in [2.75, 3.05) is 13.0 Å². The quantitative estimate of drug-likeness (QED) is 0.698. The van der Waals surface area contributed by atoms with Gasteiger partial charge in [0, 0.05) is 12.9 Å². The summed E-state index contributed by atoms with van der Waals surface area (Å²) in [7, 11) is 3.48. The number of aryl methyl sites for hydroxylation is 2. The fourth-order valence-electron chi connectivity index (χ4n) is 1.25. The summed E-state index contributed by atoms with van der Waals surface area (Å²) < 4.78 is 6.91. The van der Waals surface area contributed by atoms with E-state index < -0.39 is 0 Å². The Bertz CT molecular complexity index is 318. The highest BCUT2D eigenvalue weighted by atomic mass is 35.5. The van der Waals surface area contributed by atoms with Gasteiger partial charge in [-0.25, -0.2) is 4.68 Å². The first-order valence-corrected chi connectivity index (χ1v) is 4.54. The van der Waals surface area contributed by atoms with Gasteiger partial charge in [0.1, 0.15) is 0 Å². The lowest BCUT2D eigenvalue weighted by Gasteiger charge is -2.00. The van der Waals surface area contributed by atoms with Gasteiger partial charge in [-0.3, -0.25) is 0 Å². The standard InChI is InChI=1S/C9H13ClN2O/c1-7-8(5-4-6-10)9(13-3)12(2)11-7/h4-5H,6H2,1-3H3/b5-4+. The third kappa shape index (κ3) is 2.04. The van der Waals surface area contributed by atoms with Crippen molar-refractivity contribution in [2.24, 2.45) is 7.05 Å². The Balaban J connectivity index is 3.09. The minimum Gasteiger partial charge on any atom is -0.481 e. The molecular formula is C9H13ClN2O. The van der Waals surface area contributed by atoms with E-state index in [1.807, 2.05) is 26.1 Å². The first-order valence-electron chi connectivity index (χ1n) is 4.00. The van der Waals surface area contributed by atoms with Crippen LogP contribution in [0.4, 0.5) is 0 Å². The average Bonchev–Trinajstić information content (AvgIpc) is 2.37. The predicted octanol–water partition coefficient (Wildman–Crippen LogP) is 1.99. The Kier molecular flexibility index (Phi) is 3.37. The molecular weight excluding hydrogens is 188 g/mol. The molecule has 1 heterocycles. The van der Waals surface area contributed by atoms with E-state index in [0.717, 1.165) is 17.1 Å². The van der Waals surface area contributed by atoms with Crippen LogP contribution in [0.25, 0.3) is 6.08 Å². The van der Waals surface area contributed by atoms with Crippen molar-refractivity contribution in [3.63, 3.8) is 0 Å². The molecule has 0 N–H and O–H groups in total. The van der Waals surface area contributed by atoms with Crippen LogP contribution in [-0.4, -0.2) is 22.8 Å². The molecule has 4 heteroatoms. The van der Waals surface area contributed by atoms with Crippen molar-refractivity contribution < 1.29 is 4.74 Å². The van der Waals surface area contributed by atoms with Gasteiger partial charge in [0.05, 0.1) is 18.4 Å². The van der Waals surface area contributed by atoms with Gasteiger partial charge in [-0.1, -0.05) is 12.2 Å². The molecule has 1 aromatic rings. The molecule has 0 aliphatic rings. The topological polar surface area (TPSA) is 27.1 Å². The third-order valence-electron chi connectivity index (χ3n) is 1.78. The monoisotopic (exact) mass is 200 g/mol. The first kappa shape index (κ1) is 10.1. The Morgan fingerprint density at radius 2 is 2.31 bits per heavy atom. The van der Waals surface area contributed by atoms with E-state index >= 15 is 0 Å². The first-order chi connectivity index (χ1) is 6.20. The maximum absolute atomic E-state index is 5.55. The Morgan fingerprint density at radius 1 is 1.62 bits per heavy atom. The van der Waals surface area contributed by atoms with Gasteiger partial charge >= 0.3 is 0 Å². The van der Waals surface area contributed by atoms with Crippen LogP contribution in [0.15, 0.2) is 6.08 Å². The van der Waals surface area contributed by atoms with Crippen LogP contribution in [0.1, 0.15) is 11.3 Å². The van der Waals surface area contributed by atoms with Crippen molar-refractivity contribution in [3.8, 4) is 5.88 Å². The van der Waals surface area contributed by atoms with Gasteiger partial charge in [0.2, 0.25) is 5.88 Å². The van der Waals surface area contributed by atoms with Gasteiger partial charge < -0.3 is 4.74 Å². The number of rotatable bonds is 3. The highest BCUT2D eigenvalue weighted by Crippen LogP contribution is 2.22. The van der Waals surface area contributed by atoms with Crippen LogP contribution in [-0.2, 0) is 7.05 Å². The number of aromatic nitrogens is 2. The number of halogens is 1. The average molecular weight is 201 g/mol.